The first kappa shape index (κ1) is 14.8. The molecular formula is C15H25NO2. The maximum absolute atomic E-state index is 9.57. The minimum absolute atomic E-state index is 0.184. The molecule has 0 aliphatic carbocycles. The first-order chi connectivity index (χ1) is 8.43. The third-order valence-electron chi connectivity index (χ3n) is 3.06. The van der Waals surface area contributed by atoms with Gasteiger partial charge in [0.25, 0.3) is 0 Å². The maximum Gasteiger partial charge on any atom is 0.160 e. The zero-order valence-corrected chi connectivity index (χ0v) is 12.0. The Kier molecular flexibility index (Phi) is 5.48. The van der Waals surface area contributed by atoms with E-state index in [9.17, 15) is 5.11 Å². The molecule has 2 unspecified atom stereocenters. The minimum Gasteiger partial charge on any atom is -0.504 e. The van der Waals surface area contributed by atoms with Gasteiger partial charge < -0.3 is 15.2 Å². The van der Waals surface area contributed by atoms with Gasteiger partial charge >= 0.3 is 0 Å². The fourth-order valence-corrected chi connectivity index (χ4v) is 2.26. The van der Waals surface area contributed by atoms with Crippen LogP contribution in [0.5, 0.6) is 11.5 Å². The Morgan fingerprint density at radius 1 is 1.22 bits per heavy atom. The second kappa shape index (κ2) is 6.64. The van der Waals surface area contributed by atoms with Gasteiger partial charge in [-0.3, -0.25) is 0 Å². The molecule has 0 fully saturated rings. The molecule has 3 nitrogen and oxygen atoms in total. The molecule has 0 saturated carbocycles. The van der Waals surface area contributed by atoms with E-state index in [1.54, 1.807) is 13.2 Å². The van der Waals surface area contributed by atoms with Crippen molar-refractivity contribution in [1.29, 1.82) is 0 Å². The van der Waals surface area contributed by atoms with Gasteiger partial charge in [0.2, 0.25) is 0 Å². The van der Waals surface area contributed by atoms with Gasteiger partial charge in [-0.25, -0.2) is 0 Å². The Hall–Kier alpha value is -1.22. The van der Waals surface area contributed by atoms with Gasteiger partial charge in [0.1, 0.15) is 0 Å². The molecule has 0 aromatic heterocycles. The molecule has 0 spiro atoms. The van der Waals surface area contributed by atoms with Gasteiger partial charge in [-0.2, -0.15) is 0 Å². The van der Waals surface area contributed by atoms with Crippen molar-refractivity contribution in [3.8, 4) is 11.5 Å². The molecule has 0 saturated heterocycles. The Balaban J connectivity index is 2.69. The van der Waals surface area contributed by atoms with Crippen LogP contribution in [0.3, 0.4) is 0 Å². The summed E-state index contributed by atoms with van der Waals surface area (Å²) in [6, 6.07) is 6.21. The summed E-state index contributed by atoms with van der Waals surface area (Å²) >= 11 is 0. The summed E-state index contributed by atoms with van der Waals surface area (Å²) in [5.74, 6) is 1.40. The van der Waals surface area contributed by atoms with Crippen LogP contribution in [0.25, 0.3) is 0 Å². The molecule has 1 aromatic rings. The summed E-state index contributed by atoms with van der Waals surface area (Å²) in [4.78, 5) is 0. The van der Waals surface area contributed by atoms with E-state index in [1.807, 2.05) is 12.1 Å². The van der Waals surface area contributed by atoms with Crippen LogP contribution in [0.4, 0.5) is 0 Å². The smallest absolute Gasteiger partial charge is 0.160 e. The lowest BCUT2D eigenvalue weighted by molar-refractivity contribution is 0.370. The monoisotopic (exact) mass is 251 g/mol. The SMILES string of the molecule is COc1cc(C(C)NC(C)CC(C)C)ccc1O. The predicted octanol–water partition coefficient (Wildman–Crippen LogP) is 3.49. The quantitative estimate of drug-likeness (QED) is 0.813. The molecule has 0 aliphatic rings. The van der Waals surface area contributed by atoms with E-state index in [-0.39, 0.29) is 11.8 Å². The van der Waals surface area contributed by atoms with Crippen LogP contribution < -0.4 is 10.1 Å². The number of phenolic OH excluding ortho intramolecular Hbond substituents is 1. The molecule has 2 atom stereocenters. The van der Waals surface area contributed by atoms with Crippen molar-refractivity contribution in [2.75, 3.05) is 7.11 Å². The van der Waals surface area contributed by atoms with Crippen LogP contribution in [0.1, 0.15) is 45.7 Å². The van der Waals surface area contributed by atoms with Crippen LogP contribution in [0, 0.1) is 5.92 Å². The third-order valence-corrected chi connectivity index (χ3v) is 3.06. The molecule has 0 radical (unpaired) electrons. The fourth-order valence-electron chi connectivity index (χ4n) is 2.26. The standard InChI is InChI=1S/C15H25NO2/c1-10(2)8-11(3)16-12(4)13-6-7-14(17)15(9-13)18-5/h6-7,9-12,16-17H,8H2,1-5H3. The summed E-state index contributed by atoms with van der Waals surface area (Å²) in [6.07, 6.45) is 1.15. The first-order valence-corrected chi connectivity index (χ1v) is 6.57. The molecule has 3 heteroatoms. The molecule has 0 amide bonds. The van der Waals surface area contributed by atoms with E-state index in [4.69, 9.17) is 4.74 Å². The highest BCUT2D eigenvalue weighted by Crippen LogP contribution is 2.29. The van der Waals surface area contributed by atoms with Crippen molar-refractivity contribution in [2.24, 2.45) is 5.92 Å². The molecule has 18 heavy (non-hydrogen) atoms. The largest absolute Gasteiger partial charge is 0.504 e. The van der Waals surface area contributed by atoms with Crippen LogP contribution in [-0.4, -0.2) is 18.3 Å². The van der Waals surface area contributed by atoms with Crippen molar-refractivity contribution < 1.29 is 9.84 Å². The summed E-state index contributed by atoms with van der Waals surface area (Å²) in [5.41, 5.74) is 1.13. The number of hydrogen-bond donors (Lipinski definition) is 2. The molecule has 1 rings (SSSR count). The molecule has 0 aliphatic heterocycles. The Labute approximate surface area is 110 Å². The normalized spacial score (nSPS) is 14.6. The van der Waals surface area contributed by atoms with Gasteiger partial charge in [0.15, 0.2) is 11.5 Å². The summed E-state index contributed by atoms with van der Waals surface area (Å²) in [7, 11) is 1.57. The average Bonchev–Trinajstić information content (AvgIpc) is 2.28. The number of ether oxygens (including phenoxy) is 1. The zero-order chi connectivity index (χ0) is 13.7. The Morgan fingerprint density at radius 3 is 2.44 bits per heavy atom. The van der Waals surface area contributed by atoms with Crippen LogP contribution in [0.15, 0.2) is 18.2 Å². The highest BCUT2D eigenvalue weighted by atomic mass is 16.5. The number of nitrogens with one attached hydrogen (secondary N) is 1. The van der Waals surface area contributed by atoms with Crippen molar-refractivity contribution >= 4 is 0 Å². The molecule has 0 heterocycles. The van der Waals surface area contributed by atoms with Crippen molar-refractivity contribution in [1.82, 2.24) is 5.32 Å². The predicted molar refractivity (Wildman–Crippen MR) is 75.1 cm³/mol. The van der Waals surface area contributed by atoms with Gasteiger partial charge in [-0.15, -0.1) is 0 Å². The van der Waals surface area contributed by atoms with Crippen molar-refractivity contribution in [3.05, 3.63) is 23.8 Å². The van der Waals surface area contributed by atoms with E-state index in [0.717, 1.165) is 12.0 Å². The molecule has 0 bridgehead atoms. The molecule has 1 aromatic carbocycles. The highest BCUT2D eigenvalue weighted by Gasteiger charge is 2.12. The fraction of sp³-hybridized carbons (Fsp3) is 0.600. The topological polar surface area (TPSA) is 41.5 Å². The van der Waals surface area contributed by atoms with E-state index >= 15 is 0 Å². The lowest BCUT2D eigenvalue weighted by atomic mass is 10.0. The number of aromatic hydroxyl groups is 1. The lowest BCUT2D eigenvalue weighted by Crippen LogP contribution is -2.30. The van der Waals surface area contributed by atoms with E-state index in [1.165, 1.54) is 0 Å². The zero-order valence-electron chi connectivity index (χ0n) is 12.0. The summed E-state index contributed by atoms with van der Waals surface area (Å²) < 4.78 is 5.13. The third kappa shape index (κ3) is 4.22. The number of methoxy groups -OCH3 is 1. The number of rotatable bonds is 6. The van der Waals surface area contributed by atoms with Crippen LogP contribution >= 0.6 is 0 Å². The van der Waals surface area contributed by atoms with Crippen LogP contribution in [0.2, 0.25) is 0 Å². The van der Waals surface area contributed by atoms with Gasteiger partial charge in [-0.05, 0) is 43.9 Å². The van der Waals surface area contributed by atoms with Crippen LogP contribution in [-0.2, 0) is 0 Å². The van der Waals surface area contributed by atoms with E-state index in [2.05, 4.69) is 33.0 Å². The maximum atomic E-state index is 9.57. The van der Waals surface area contributed by atoms with Gasteiger partial charge in [0.05, 0.1) is 7.11 Å². The van der Waals surface area contributed by atoms with E-state index in [0.29, 0.717) is 17.7 Å². The summed E-state index contributed by atoms with van der Waals surface area (Å²) in [5, 5.41) is 13.1. The van der Waals surface area contributed by atoms with Crippen molar-refractivity contribution in [2.45, 2.75) is 46.2 Å². The number of hydrogen-bond acceptors (Lipinski definition) is 3. The molecule has 102 valence electrons. The minimum atomic E-state index is 0.184. The number of benzene rings is 1. The molecular weight excluding hydrogens is 226 g/mol. The average molecular weight is 251 g/mol. The Morgan fingerprint density at radius 2 is 1.89 bits per heavy atom. The second-order valence-corrected chi connectivity index (χ2v) is 5.35. The lowest BCUT2D eigenvalue weighted by Gasteiger charge is -2.22. The molecule has 2 N–H and O–H groups in total. The second-order valence-electron chi connectivity index (χ2n) is 5.35. The highest BCUT2D eigenvalue weighted by molar-refractivity contribution is 5.42. The summed E-state index contributed by atoms with van der Waals surface area (Å²) in [6.45, 7) is 8.79. The Bertz CT molecular complexity index is 377. The van der Waals surface area contributed by atoms with Crippen molar-refractivity contribution in [3.63, 3.8) is 0 Å². The van der Waals surface area contributed by atoms with E-state index < -0.39 is 0 Å². The number of phenols is 1. The van der Waals surface area contributed by atoms with Gasteiger partial charge in [0, 0.05) is 12.1 Å². The first-order valence-electron chi connectivity index (χ1n) is 6.57. The van der Waals surface area contributed by atoms with Gasteiger partial charge in [-0.1, -0.05) is 19.9 Å².